The van der Waals surface area contributed by atoms with E-state index in [0.29, 0.717) is 17.5 Å². The summed E-state index contributed by atoms with van der Waals surface area (Å²) in [5.41, 5.74) is 0.582. The van der Waals surface area contributed by atoms with E-state index in [-0.39, 0.29) is 19.1 Å². The number of carbonyl (C=O) groups is 4. The Kier molecular flexibility index (Phi) is 5.90. The summed E-state index contributed by atoms with van der Waals surface area (Å²) in [7, 11) is 0. The molecule has 1 heterocycles. The molecule has 3 amide bonds. The van der Waals surface area contributed by atoms with Crippen LogP contribution < -0.4 is 5.32 Å². The van der Waals surface area contributed by atoms with Crippen LogP contribution in [-0.2, 0) is 14.3 Å². The zero-order chi connectivity index (χ0) is 18.6. The number of benzene rings is 1. The molecule has 134 valence electrons. The van der Waals surface area contributed by atoms with Crippen LogP contribution in [0.5, 0.6) is 0 Å². The number of nitrogens with one attached hydrogen (secondary N) is 1. The molecular formula is C18H22N2O5. The number of carbonyl (C=O) groups excluding carboxylic acids is 4. The van der Waals surface area contributed by atoms with Gasteiger partial charge in [-0.1, -0.05) is 26.0 Å². The minimum Gasteiger partial charge on any atom is -0.465 e. The van der Waals surface area contributed by atoms with Crippen LogP contribution in [0.1, 0.15) is 47.9 Å². The Morgan fingerprint density at radius 3 is 2.16 bits per heavy atom. The Balaban J connectivity index is 2.20. The maximum atomic E-state index is 12.6. The van der Waals surface area contributed by atoms with Gasteiger partial charge in [-0.25, -0.2) is 0 Å². The zero-order valence-corrected chi connectivity index (χ0v) is 14.6. The van der Waals surface area contributed by atoms with E-state index >= 15 is 0 Å². The number of amides is 3. The normalized spacial score (nSPS) is 14.5. The first-order chi connectivity index (χ1) is 11.9. The number of imide groups is 1. The lowest BCUT2D eigenvalue weighted by molar-refractivity contribution is -0.143. The van der Waals surface area contributed by atoms with Crippen LogP contribution in [0.2, 0.25) is 0 Å². The van der Waals surface area contributed by atoms with Gasteiger partial charge in [0.1, 0.15) is 12.6 Å². The fraction of sp³-hybridized carbons (Fsp3) is 0.444. The number of rotatable bonds is 7. The molecule has 1 aromatic carbocycles. The molecule has 1 N–H and O–H groups in total. The molecule has 0 saturated carbocycles. The van der Waals surface area contributed by atoms with Crippen molar-refractivity contribution in [3.63, 3.8) is 0 Å². The molecule has 0 radical (unpaired) electrons. The summed E-state index contributed by atoms with van der Waals surface area (Å²) in [4.78, 5) is 50.2. The summed E-state index contributed by atoms with van der Waals surface area (Å²) in [6, 6.07) is 5.51. The molecule has 0 aromatic heterocycles. The second-order valence-corrected chi connectivity index (χ2v) is 6.19. The van der Waals surface area contributed by atoms with Crippen LogP contribution in [0.4, 0.5) is 0 Å². The van der Waals surface area contributed by atoms with E-state index in [1.54, 1.807) is 31.2 Å². The molecule has 0 saturated heterocycles. The van der Waals surface area contributed by atoms with Crippen molar-refractivity contribution >= 4 is 23.7 Å². The lowest BCUT2D eigenvalue weighted by atomic mass is 10.0. The fourth-order valence-electron chi connectivity index (χ4n) is 2.76. The van der Waals surface area contributed by atoms with Crippen LogP contribution in [0.15, 0.2) is 24.3 Å². The Hall–Kier alpha value is -2.70. The summed E-state index contributed by atoms with van der Waals surface area (Å²) in [5, 5.41) is 2.46. The molecule has 0 fully saturated rings. The van der Waals surface area contributed by atoms with E-state index < -0.39 is 29.7 Å². The van der Waals surface area contributed by atoms with E-state index in [4.69, 9.17) is 4.74 Å². The minimum absolute atomic E-state index is 0.0719. The summed E-state index contributed by atoms with van der Waals surface area (Å²) in [6.45, 7) is 5.36. The minimum atomic E-state index is -0.971. The summed E-state index contributed by atoms with van der Waals surface area (Å²) in [5.74, 6) is -2.02. The average Bonchev–Trinajstić information content (AvgIpc) is 2.82. The molecule has 2 rings (SSSR count). The highest BCUT2D eigenvalue weighted by Gasteiger charge is 2.42. The number of hydrogen-bond donors (Lipinski definition) is 1. The van der Waals surface area contributed by atoms with Gasteiger partial charge in [-0.05, 0) is 31.4 Å². The second-order valence-electron chi connectivity index (χ2n) is 6.19. The molecule has 1 atom stereocenters. The number of nitrogens with zero attached hydrogens (tertiary/aromatic N) is 1. The lowest BCUT2D eigenvalue weighted by Gasteiger charge is -2.26. The van der Waals surface area contributed by atoms with E-state index in [2.05, 4.69) is 5.32 Å². The monoisotopic (exact) mass is 346 g/mol. The second kappa shape index (κ2) is 7.92. The molecule has 25 heavy (non-hydrogen) atoms. The van der Waals surface area contributed by atoms with Crippen molar-refractivity contribution in [3.8, 4) is 0 Å². The van der Waals surface area contributed by atoms with E-state index in [1.165, 1.54) is 0 Å². The largest absolute Gasteiger partial charge is 0.465 e. The fourth-order valence-corrected chi connectivity index (χ4v) is 2.76. The van der Waals surface area contributed by atoms with Gasteiger partial charge < -0.3 is 10.1 Å². The molecule has 0 spiro atoms. The average molecular weight is 346 g/mol. The molecule has 1 aliphatic heterocycles. The smallest absolute Gasteiger partial charge is 0.325 e. The molecule has 0 aliphatic carbocycles. The Morgan fingerprint density at radius 2 is 1.68 bits per heavy atom. The van der Waals surface area contributed by atoms with Crippen molar-refractivity contribution in [2.75, 3.05) is 13.2 Å². The topological polar surface area (TPSA) is 92.8 Å². The Labute approximate surface area is 146 Å². The molecule has 1 unspecified atom stereocenters. The molecule has 7 nitrogen and oxygen atoms in total. The predicted molar refractivity (Wildman–Crippen MR) is 89.8 cm³/mol. The Bertz CT molecular complexity index is 663. The standard InChI is InChI=1S/C18H22N2O5/c1-4-25-15(21)10-19-16(22)14(9-11(2)3)20-17(23)12-7-5-6-8-13(12)18(20)24/h5-8,11,14H,4,9-10H2,1-3H3,(H,19,22). The van der Waals surface area contributed by atoms with Gasteiger partial charge in [0.05, 0.1) is 17.7 Å². The van der Waals surface area contributed by atoms with Gasteiger partial charge in [-0.3, -0.25) is 24.1 Å². The first kappa shape index (κ1) is 18.6. The van der Waals surface area contributed by atoms with Gasteiger partial charge >= 0.3 is 5.97 Å². The van der Waals surface area contributed by atoms with Crippen molar-refractivity contribution < 1.29 is 23.9 Å². The third-order valence-electron chi connectivity index (χ3n) is 3.85. The number of ether oxygens (including phenoxy) is 1. The van der Waals surface area contributed by atoms with Gasteiger partial charge in [0.15, 0.2) is 0 Å². The summed E-state index contributed by atoms with van der Waals surface area (Å²) in [6.07, 6.45) is 0.306. The highest BCUT2D eigenvalue weighted by molar-refractivity contribution is 6.22. The van der Waals surface area contributed by atoms with Gasteiger partial charge in [0.2, 0.25) is 5.91 Å². The van der Waals surface area contributed by atoms with Gasteiger partial charge in [-0.15, -0.1) is 0 Å². The third kappa shape index (κ3) is 4.04. The summed E-state index contributed by atoms with van der Waals surface area (Å²) < 4.78 is 4.77. The van der Waals surface area contributed by atoms with Crippen LogP contribution >= 0.6 is 0 Å². The maximum Gasteiger partial charge on any atom is 0.325 e. The van der Waals surface area contributed by atoms with Crippen LogP contribution in [-0.4, -0.2) is 47.8 Å². The van der Waals surface area contributed by atoms with Crippen LogP contribution in [0.3, 0.4) is 0 Å². The molecule has 0 bridgehead atoms. The van der Waals surface area contributed by atoms with Gasteiger partial charge in [0, 0.05) is 0 Å². The number of fused-ring (bicyclic) bond motifs is 1. The molecule has 7 heteroatoms. The number of hydrogen-bond acceptors (Lipinski definition) is 5. The van der Waals surface area contributed by atoms with Crippen molar-refractivity contribution in [1.82, 2.24) is 10.2 Å². The maximum absolute atomic E-state index is 12.6. The zero-order valence-electron chi connectivity index (χ0n) is 14.6. The third-order valence-corrected chi connectivity index (χ3v) is 3.85. The molecule has 1 aliphatic rings. The van der Waals surface area contributed by atoms with Crippen molar-refractivity contribution in [1.29, 1.82) is 0 Å². The summed E-state index contributed by atoms with van der Waals surface area (Å²) >= 11 is 0. The number of esters is 1. The van der Waals surface area contributed by atoms with E-state index in [0.717, 1.165) is 4.90 Å². The van der Waals surface area contributed by atoms with Crippen molar-refractivity contribution in [2.45, 2.75) is 33.2 Å². The van der Waals surface area contributed by atoms with Crippen molar-refractivity contribution in [3.05, 3.63) is 35.4 Å². The van der Waals surface area contributed by atoms with Crippen LogP contribution in [0, 0.1) is 5.92 Å². The van der Waals surface area contributed by atoms with Gasteiger partial charge in [0.25, 0.3) is 11.8 Å². The first-order valence-corrected chi connectivity index (χ1v) is 8.27. The van der Waals surface area contributed by atoms with Crippen molar-refractivity contribution in [2.24, 2.45) is 5.92 Å². The predicted octanol–water partition coefficient (Wildman–Crippen LogP) is 1.38. The van der Waals surface area contributed by atoms with Crippen LogP contribution in [0.25, 0.3) is 0 Å². The SMILES string of the molecule is CCOC(=O)CNC(=O)C(CC(C)C)N1C(=O)c2ccccc2C1=O. The van der Waals surface area contributed by atoms with Gasteiger partial charge in [-0.2, -0.15) is 0 Å². The lowest BCUT2D eigenvalue weighted by Crippen LogP contribution is -2.51. The highest BCUT2D eigenvalue weighted by Crippen LogP contribution is 2.26. The van der Waals surface area contributed by atoms with E-state index in [9.17, 15) is 19.2 Å². The van der Waals surface area contributed by atoms with E-state index in [1.807, 2.05) is 13.8 Å². The quantitative estimate of drug-likeness (QED) is 0.595. The molecule has 1 aromatic rings. The Morgan fingerprint density at radius 1 is 1.12 bits per heavy atom. The molecular weight excluding hydrogens is 324 g/mol. The first-order valence-electron chi connectivity index (χ1n) is 8.27. The highest BCUT2D eigenvalue weighted by atomic mass is 16.5.